The minimum atomic E-state index is -0.184. The molecule has 0 aliphatic rings. The number of halogens is 2. The van der Waals surface area contributed by atoms with E-state index in [9.17, 15) is 4.39 Å². The van der Waals surface area contributed by atoms with E-state index in [1.165, 1.54) is 5.56 Å². The van der Waals surface area contributed by atoms with Gasteiger partial charge in [0.1, 0.15) is 5.82 Å². The highest BCUT2D eigenvalue weighted by Crippen LogP contribution is 2.27. The quantitative estimate of drug-likeness (QED) is 0.887. The van der Waals surface area contributed by atoms with E-state index in [1.807, 2.05) is 13.8 Å². The van der Waals surface area contributed by atoms with Crippen molar-refractivity contribution in [3.05, 3.63) is 33.0 Å². The first kappa shape index (κ1) is 11.7. The fourth-order valence-corrected chi connectivity index (χ4v) is 1.97. The Morgan fingerprint density at radius 1 is 1.43 bits per heavy atom. The van der Waals surface area contributed by atoms with Gasteiger partial charge in [0.15, 0.2) is 0 Å². The van der Waals surface area contributed by atoms with E-state index >= 15 is 0 Å². The van der Waals surface area contributed by atoms with E-state index in [0.717, 1.165) is 24.0 Å². The number of aryl methyl sites for hydroxylation is 1. The first-order valence-corrected chi connectivity index (χ1v) is 5.51. The van der Waals surface area contributed by atoms with Crippen LogP contribution in [0.3, 0.4) is 0 Å². The van der Waals surface area contributed by atoms with Crippen molar-refractivity contribution in [3.63, 3.8) is 0 Å². The van der Waals surface area contributed by atoms with E-state index in [-0.39, 0.29) is 5.82 Å². The average Bonchev–Trinajstić information content (AvgIpc) is 2.14. The van der Waals surface area contributed by atoms with Crippen LogP contribution in [0.5, 0.6) is 0 Å². The second-order valence-electron chi connectivity index (χ2n) is 3.49. The molecular formula is C11H15BrFN. The van der Waals surface area contributed by atoms with Gasteiger partial charge in [0.05, 0.1) is 4.47 Å². The minimum Gasteiger partial charge on any atom is -0.330 e. The molecule has 0 aromatic heterocycles. The van der Waals surface area contributed by atoms with Crippen molar-refractivity contribution in [1.29, 1.82) is 0 Å². The molecule has 0 spiro atoms. The zero-order chi connectivity index (χ0) is 10.7. The van der Waals surface area contributed by atoms with Crippen molar-refractivity contribution in [2.75, 3.05) is 6.54 Å². The predicted octanol–water partition coefficient (Wildman–Crippen LogP) is 3.10. The SMILES string of the molecule is Cc1cc(F)c(Br)c(C)c1CCCN. The van der Waals surface area contributed by atoms with E-state index < -0.39 is 0 Å². The average molecular weight is 260 g/mol. The van der Waals surface area contributed by atoms with Crippen molar-refractivity contribution in [3.8, 4) is 0 Å². The molecule has 0 saturated carbocycles. The first-order chi connectivity index (χ1) is 6.57. The van der Waals surface area contributed by atoms with Crippen LogP contribution in [0.25, 0.3) is 0 Å². The number of rotatable bonds is 3. The largest absolute Gasteiger partial charge is 0.330 e. The van der Waals surface area contributed by atoms with Gasteiger partial charge in [0.25, 0.3) is 0 Å². The molecule has 0 unspecified atom stereocenters. The number of hydrogen-bond donors (Lipinski definition) is 1. The molecule has 0 amide bonds. The molecule has 14 heavy (non-hydrogen) atoms. The minimum absolute atomic E-state index is 0.184. The maximum Gasteiger partial charge on any atom is 0.137 e. The summed E-state index contributed by atoms with van der Waals surface area (Å²) >= 11 is 3.25. The van der Waals surface area contributed by atoms with Crippen LogP contribution in [0, 0.1) is 19.7 Å². The van der Waals surface area contributed by atoms with Gasteiger partial charge in [0, 0.05) is 0 Å². The summed E-state index contributed by atoms with van der Waals surface area (Å²) in [6, 6.07) is 1.57. The fraction of sp³-hybridized carbons (Fsp3) is 0.455. The van der Waals surface area contributed by atoms with Gasteiger partial charge < -0.3 is 5.73 Å². The summed E-state index contributed by atoms with van der Waals surface area (Å²) in [5, 5.41) is 0. The Hall–Kier alpha value is -0.410. The van der Waals surface area contributed by atoms with E-state index in [4.69, 9.17) is 5.73 Å². The van der Waals surface area contributed by atoms with Crippen LogP contribution in [-0.2, 0) is 6.42 Å². The van der Waals surface area contributed by atoms with Gasteiger partial charge in [-0.3, -0.25) is 0 Å². The predicted molar refractivity (Wildman–Crippen MR) is 60.9 cm³/mol. The van der Waals surface area contributed by atoms with Crippen molar-refractivity contribution in [1.82, 2.24) is 0 Å². The molecule has 0 fully saturated rings. The lowest BCUT2D eigenvalue weighted by atomic mass is 9.98. The van der Waals surface area contributed by atoms with Crippen LogP contribution < -0.4 is 5.73 Å². The Labute approximate surface area is 92.6 Å². The lowest BCUT2D eigenvalue weighted by molar-refractivity contribution is 0.616. The normalized spacial score (nSPS) is 10.6. The molecule has 0 heterocycles. The number of nitrogens with two attached hydrogens (primary N) is 1. The third kappa shape index (κ3) is 2.34. The molecule has 0 radical (unpaired) electrons. The summed E-state index contributed by atoms with van der Waals surface area (Å²) < 4.78 is 13.8. The van der Waals surface area contributed by atoms with Crippen LogP contribution in [0.2, 0.25) is 0 Å². The summed E-state index contributed by atoms with van der Waals surface area (Å²) in [5.74, 6) is -0.184. The molecule has 0 aliphatic carbocycles. The van der Waals surface area contributed by atoms with Gasteiger partial charge in [-0.25, -0.2) is 4.39 Å². The highest BCUT2D eigenvalue weighted by molar-refractivity contribution is 9.10. The smallest absolute Gasteiger partial charge is 0.137 e. The zero-order valence-electron chi connectivity index (χ0n) is 8.53. The van der Waals surface area contributed by atoms with Gasteiger partial charge in [-0.15, -0.1) is 0 Å². The topological polar surface area (TPSA) is 26.0 Å². The molecule has 2 N–H and O–H groups in total. The Morgan fingerprint density at radius 2 is 2.07 bits per heavy atom. The van der Waals surface area contributed by atoms with Gasteiger partial charge in [-0.05, 0) is 71.9 Å². The lowest BCUT2D eigenvalue weighted by Gasteiger charge is -2.11. The second-order valence-corrected chi connectivity index (χ2v) is 4.28. The summed E-state index contributed by atoms with van der Waals surface area (Å²) in [7, 11) is 0. The zero-order valence-corrected chi connectivity index (χ0v) is 10.1. The second kappa shape index (κ2) is 4.89. The number of hydrogen-bond acceptors (Lipinski definition) is 1. The van der Waals surface area contributed by atoms with Gasteiger partial charge >= 0.3 is 0 Å². The number of benzene rings is 1. The van der Waals surface area contributed by atoms with Crippen LogP contribution in [0.4, 0.5) is 4.39 Å². The van der Waals surface area contributed by atoms with Gasteiger partial charge in [-0.1, -0.05) is 0 Å². The highest BCUT2D eigenvalue weighted by atomic mass is 79.9. The molecule has 0 aliphatic heterocycles. The van der Waals surface area contributed by atoms with Crippen LogP contribution in [0.15, 0.2) is 10.5 Å². The van der Waals surface area contributed by atoms with Gasteiger partial charge in [0.2, 0.25) is 0 Å². The van der Waals surface area contributed by atoms with Gasteiger partial charge in [-0.2, -0.15) is 0 Å². The standard InChI is InChI=1S/C11H15BrFN/c1-7-6-10(13)11(12)8(2)9(7)4-3-5-14/h6H,3-5,14H2,1-2H3. The molecule has 3 heteroatoms. The van der Waals surface area contributed by atoms with Crippen molar-refractivity contribution >= 4 is 15.9 Å². The van der Waals surface area contributed by atoms with E-state index in [1.54, 1.807) is 6.07 Å². The summed E-state index contributed by atoms with van der Waals surface area (Å²) in [6.45, 7) is 4.55. The summed E-state index contributed by atoms with van der Waals surface area (Å²) in [5.41, 5.74) is 8.68. The Morgan fingerprint density at radius 3 is 2.64 bits per heavy atom. The van der Waals surface area contributed by atoms with Crippen LogP contribution in [-0.4, -0.2) is 6.54 Å². The fourth-order valence-electron chi connectivity index (χ4n) is 1.61. The van der Waals surface area contributed by atoms with Crippen molar-refractivity contribution in [2.24, 2.45) is 5.73 Å². The summed E-state index contributed by atoms with van der Waals surface area (Å²) in [4.78, 5) is 0. The molecular weight excluding hydrogens is 245 g/mol. The Bertz CT molecular complexity index is 337. The molecule has 0 saturated heterocycles. The third-order valence-corrected chi connectivity index (χ3v) is 3.42. The lowest BCUT2D eigenvalue weighted by Crippen LogP contribution is -2.04. The maximum absolute atomic E-state index is 13.3. The Balaban J connectivity index is 3.09. The molecule has 1 aromatic carbocycles. The molecule has 1 rings (SSSR count). The van der Waals surface area contributed by atoms with Crippen molar-refractivity contribution in [2.45, 2.75) is 26.7 Å². The van der Waals surface area contributed by atoms with Crippen LogP contribution in [0.1, 0.15) is 23.1 Å². The molecule has 1 nitrogen and oxygen atoms in total. The monoisotopic (exact) mass is 259 g/mol. The van der Waals surface area contributed by atoms with E-state index in [0.29, 0.717) is 11.0 Å². The molecule has 0 bridgehead atoms. The van der Waals surface area contributed by atoms with Crippen molar-refractivity contribution < 1.29 is 4.39 Å². The molecule has 0 atom stereocenters. The Kier molecular flexibility index (Phi) is 4.08. The highest BCUT2D eigenvalue weighted by Gasteiger charge is 2.10. The summed E-state index contributed by atoms with van der Waals surface area (Å²) in [6.07, 6.45) is 1.87. The maximum atomic E-state index is 13.3. The van der Waals surface area contributed by atoms with E-state index in [2.05, 4.69) is 15.9 Å². The first-order valence-electron chi connectivity index (χ1n) is 4.72. The molecule has 78 valence electrons. The van der Waals surface area contributed by atoms with Crippen LogP contribution >= 0.6 is 15.9 Å². The molecule has 1 aromatic rings. The third-order valence-electron chi connectivity index (χ3n) is 2.44.